The third-order valence-electron chi connectivity index (χ3n) is 10.8. The Morgan fingerprint density at radius 2 is 1.38 bits per heavy atom. The normalized spacial score (nSPS) is 12.6. The van der Waals surface area contributed by atoms with Crippen molar-refractivity contribution >= 4 is 84.8 Å². The van der Waals surface area contributed by atoms with Crippen LogP contribution in [0.5, 0.6) is 11.5 Å². The Hall–Kier alpha value is -5.63. The summed E-state index contributed by atoms with van der Waals surface area (Å²) in [7, 11) is 0. The summed E-state index contributed by atoms with van der Waals surface area (Å²) in [5, 5.41) is 16.9. The van der Waals surface area contributed by atoms with E-state index >= 15 is 0 Å². The van der Waals surface area contributed by atoms with Gasteiger partial charge in [0.1, 0.15) is 23.0 Å². The smallest absolute Gasteiger partial charge is 0.137 e. The van der Waals surface area contributed by atoms with Gasteiger partial charge in [-0.3, -0.25) is 4.57 Å². The molecule has 5 nitrogen and oxygen atoms in total. The number of pyridine rings is 1. The first kappa shape index (κ1) is 34.8. The highest BCUT2D eigenvalue weighted by atomic mass is 32.1. The number of ether oxygens (including phenoxy) is 1. The Morgan fingerprint density at radius 1 is 0.625 bits per heavy atom. The van der Waals surface area contributed by atoms with Gasteiger partial charge in [-0.25, -0.2) is 4.98 Å². The first-order valence-corrected chi connectivity index (χ1v) is 20.8. The van der Waals surface area contributed by atoms with Crippen LogP contribution in [-0.2, 0) is 11.8 Å². The molecule has 0 aliphatic rings. The molecule has 0 spiro atoms. The number of thiophene rings is 2. The molecule has 10 rings (SSSR count). The molecule has 0 N–H and O–H groups in total. The lowest BCUT2D eigenvalue weighted by atomic mass is 9.88. The highest BCUT2D eigenvalue weighted by molar-refractivity contribution is 7.27. The van der Waals surface area contributed by atoms with E-state index < -0.39 is 0 Å². The number of hydrogen-bond acceptors (Lipinski definition) is 6. The SMILES string of the molecule is Cc1nnc(-c2cccc(Oc3ccc4c5ccccc5n(-c5cc(C(C)(C)C)ccn5)c4c3)c2)c2sc3cc4c(cc3c12)sc1cc(CC(C)(C)C)ccc14. The van der Waals surface area contributed by atoms with Gasteiger partial charge in [0.15, 0.2) is 0 Å². The molecule has 0 bridgehead atoms. The molecule has 0 fully saturated rings. The van der Waals surface area contributed by atoms with Crippen LogP contribution in [0, 0.1) is 12.3 Å². The highest BCUT2D eigenvalue weighted by Gasteiger charge is 2.21. The van der Waals surface area contributed by atoms with Gasteiger partial charge in [-0.05, 0) is 96.0 Å². The molecule has 0 saturated heterocycles. The van der Waals surface area contributed by atoms with Crippen LogP contribution in [0.25, 0.3) is 79.2 Å². The number of benzene rings is 5. The van der Waals surface area contributed by atoms with Crippen molar-refractivity contribution in [2.75, 3.05) is 0 Å². The van der Waals surface area contributed by atoms with Gasteiger partial charge >= 0.3 is 0 Å². The Morgan fingerprint density at radius 3 is 2.21 bits per heavy atom. The lowest BCUT2D eigenvalue weighted by Crippen LogP contribution is -2.12. The minimum Gasteiger partial charge on any atom is -0.457 e. The second-order valence-corrected chi connectivity index (χ2v) is 19.4. The van der Waals surface area contributed by atoms with Crippen LogP contribution in [0.2, 0.25) is 0 Å². The summed E-state index contributed by atoms with van der Waals surface area (Å²) >= 11 is 3.69. The van der Waals surface area contributed by atoms with E-state index in [0.717, 1.165) is 61.8 Å². The molecule has 10 aromatic rings. The summed E-state index contributed by atoms with van der Waals surface area (Å²) in [6.45, 7) is 15.7. The summed E-state index contributed by atoms with van der Waals surface area (Å²) in [5.41, 5.74) is 7.85. The van der Waals surface area contributed by atoms with Crippen LogP contribution in [-0.4, -0.2) is 19.7 Å². The zero-order valence-corrected chi connectivity index (χ0v) is 34.3. The Bertz CT molecular complexity index is 3190. The lowest BCUT2D eigenvalue weighted by Gasteiger charge is -2.20. The van der Waals surface area contributed by atoms with Crippen molar-refractivity contribution in [2.45, 2.75) is 60.3 Å². The van der Waals surface area contributed by atoms with Crippen molar-refractivity contribution in [3.05, 3.63) is 132 Å². The molecule has 0 saturated carbocycles. The summed E-state index contributed by atoms with van der Waals surface area (Å²) in [4.78, 5) is 4.85. The monoisotopic (exact) mass is 766 g/mol. The molecule has 56 heavy (non-hydrogen) atoms. The first-order chi connectivity index (χ1) is 26.9. The van der Waals surface area contributed by atoms with Crippen LogP contribution in [0.3, 0.4) is 0 Å². The average Bonchev–Trinajstić information content (AvgIpc) is 3.82. The lowest BCUT2D eigenvalue weighted by molar-refractivity contribution is 0.411. The third-order valence-corrected chi connectivity index (χ3v) is 13.1. The number of para-hydroxylation sites is 1. The zero-order chi connectivity index (χ0) is 38.5. The molecular formula is C49H42N4OS2. The van der Waals surface area contributed by atoms with Gasteiger partial charge in [-0.1, -0.05) is 84.0 Å². The molecule has 5 aromatic carbocycles. The Balaban J connectivity index is 1.04. The molecular weight excluding hydrogens is 725 g/mol. The molecule has 0 unspecified atom stereocenters. The number of aromatic nitrogens is 4. The Kier molecular flexibility index (Phi) is 7.90. The largest absolute Gasteiger partial charge is 0.457 e. The number of nitrogens with zero attached hydrogens (tertiary/aromatic N) is 4. The van der Waals surface area contributed by atoms with E-state index in [1.807, 2.05) is 29.7 Å². The minimum atomic E-state index is 0.000913. The quantitative estimate of drug-likeness (QED) is 0.175. The molecule has 0 aliphatic carbocycles. The molecule has 0 atom stereocenters. The van der Waals surface area contributed by atoms with E-state index in [1.54, 1.807) is 11.3 Å². The van der Waals surface area contributed by atoms with Crippen LogP contribution < -0.4 is 4.74 Å². The van der Waals surface area contributed by atoms with Gasteiger partial charge in [-0.2, -0.15) is 5.10 Å². The molecule has 0 amide bonds. The fourth-order valence-electron chi connectivity index (χ4n) is 8.18. The van der Waals surface area contributed by atoms with Crippen molar-refractivity contribution in [1.82, 2.24) is 19.7 Å². The van der Waals surface area contributed by atoms with Crippen molar-refractivity contribution in [3.8, 4) is 28.6 Å². The van der Waals surface area contributed by atoms with Crippen molar-refractivity contribution in [1.29, 1.82) is 0 Å². The van der Waals surface area contributed by atoms with Gasteiger partial charge in [0.05, 0.1) is 21.4 Å². The first-order valence-electron chi connectivity index (χ1n) is 19.2. The summed E-state index contributed by atoms with van der Waals surface area (Å²) in [6, 6.07) is 39.2. The van der Waals surface area contributed by atoms with Crippen LogP contribution >= 0.6 is 22.7 Å². The Labute approximate surface area is 334 Å². The molecule has 0 aliphatic heterocycles. The minimum absolute atomic E-state index is 0.000913. The van der Waals surface area contributed by atoms with Crippen LogP contribution in [0.4, 0.5) is 0 Å². The number of rotatable bonds is 5. The summed E-state index contributed by atoms with van der Waals surface area (Å²) in [5.74, 6) is 2.39. The summed E-state index contributed by atoms with van der Waals surface area (Å²) < 4.78 is 14.0. The zero-order valence-electron chi connectivity index (χ0n) is 32.7. The van der Waals surface area contributed by atoms with Crippen molar-refractivity contribution in [2.24, 2.45) is 5.41 Å². The van der Waals surface area contributed by atoms with Crippen molar-refractivity contribution < 1.29 is 4.74 Å². The second kappa shape index (κ2) is 12.7. The maximum Gasteiger partial charge on any atom is 0.137 e. The fraction of sp³-hybridized carbons (Fsp3) is 0.204. The summed E-state index contributed by atoms with van der Waals surface area (Å²) in [6.07, 6.45) is 2.98. The standard InChI is InChI=1S/C49H42N4OS2/c1-28-45-38-26-42-37(36-17-15-29(21-41(36)55-42)27-48(2,3)4)25-43(38)56-47(45)46(52-51-28)30-11-10-12-32(22-30)54-33-16-18-35-34-13-8-9-14-39(34)53(40(35)24-33)44-23-31(19-20-50-44)49(5,6)7/h8-26H,27H2,1-7H3. The second-order valence-electron chi connectivity index (χ2n) is 17.3. The number of hydrogen-bond donors (Lipinski definition) is 0. The average molecular weight is 767 g/mol. The van der Waals surface area contributed by atoms with E-state index in [2.05, 4.69) is 150 Å². The maximum absolute atomic E-state index is 6.65. The third kappa shape index (κ3) is 5.92. The van der Waals surface area contributed by atoms with E-state index in [1.165, 1.54) is 52.2 Å². The molecule has 276 valence electrons. The van der Waals surface area contributed by atoms with Gasteiger partial charge in [0.2, 0.25) is 0 Å². The van der Waals surface area contributed by atoms with Gasteiger partial charge in [0.25, 0.3) is 0 Å². The number of fused-ring (bicyclic) bond motifs is 9. The van der Waals surface area contributed by atoms with E-state index in [-0.39, 0.29) is 10.8 Å². The van der Waals surface area contributed by atoms with Gasteiger partial charge in [-0.15, -0.1) is 27.8 Å². The predicted molar refractivity (Wildman–Crippen MR) is 238 cm³/mol. The van der Waals surface area contributed by atoms with E-state index in [9.17, 15) is 0 Å². The molecule has 5 heterocycles. The molecule has 7 heteroatoms. The van der Waals surface area contributed by atoms with E-state index in [4.69, 9.17) is 19.9 Å². The predicted octanol–water partition coefficient (Wildman–Crippen LogP) is 14.4. The van der Waals surface area contributed by atoms with Crippen LogP contribution in [0.15, 0.2) is 115 Å². The topological polar surface area (TPSA) is 52.8 Å². The number of aryl methyl sites for hydroxylation is 1. The fourth-order valence-corrected chi connectivity index (χ4v) is 10.7. The van der Waals surface area contributed by atoms with Gasteiger partial charge < -0.3 is 4.74 Å². The molecule has 0 radical (unpaired) electrons. The van der Waals surface area contributed by atoms with Gasteiger partial charge in [0, 0.05) is 64.2 Å². The maximum atomic E-state index is 6.65. The molecule has 5 aromatic heterocycles. The van der Waals surface area contributed by atoms with Crippen LogP contribution in [0.1, 0.15) is 58.4 Å². The van der Waals surface area contributed by atoms with E-state index in [0.29, 0.717) is 0 Å². The highest BCUT2D eigenvalue weighted by Crippen LogP contribution is 2.45. The van der Waals surface area contributed by atoms with Crippen molar-refractivity contribution in [3.63, 3.8) is 0 Å².